The minimum Gasteiger partial charge on any atom is -0.378 e. The molecule has 1 N–H and O–H groups in total. The summed E-state index contributed by atoms with van der Waals surface area (Å²) in [5.41, 5.74) is 3.36. The van der Waals surface area contributed by atoms with E-state index in [0.717, 1.165) is 41.3 Å². The molecule has 6 nitrogen and oxygen atoms in total. The highest BCUT2D eigenvalue weighted by Gasteiger charge is 2.24. The molecule has 0 unspecified atom stereocenters. The Morgan fingerprint density at radius 3 is 2.55 bits per heavy atom. The molecule has 0 radical (unpaired) electrons. The van der Waals surface area contributed by atoms with Crippen LogP contribution >= 0.6 is 22.9 Å². The molecule has 0 atom stereocenters. The Bertz CT molecular complexity index is 1170. The maximum Gasteiger partial charge on any atom is 0.265 e. The number of carbonyl (C=O) groups is 2. The molecule has 170 valence electrons. The maximum atomic E-state index is 13.3. The highest BCUT2D eigenvalue weighted by Crippen LogP contribution is 2.40. The Hall–Kier alpha value is -2.87. The van der Waals surface area contributed by atoms with Crippen molar-refractivity contribution in [2.75, 3.05) is 48.0 Å². The monoisotopic (exact) mass is 481 g/mol. The second-order valence-corrected chi connectivity index (χ2v) is 9.50. The van der Waals surface area contributed by atoms with E-state index in [1.165, 1.54) is 11.3 Å². The van der Waals surface area contributed by atoms with Crippen LogP contribution in [0.4, 0.5) is 16.4 Å². The van der Waals surface area contributed by atoms with Gasteiger partial charge in [0.2, 0.25) is 5.91 Å². The molecule has 2 aromatic carbocycles. The van der Waals surface area contributed by atoms with Crippen molar-refractivity contribution in [1.29, 1.82) is 0 Å². The van der Waals surface area contributed by atoms with Gasteiger partial charge in [-0.3, -0.25) is 9.59 Å². The number of hydrogen-bond acceptors (Lipinski definition) is 5. The normalized spacial score (nSPS) is 16.3. The van der Waals surface area contributed by atoms with E-state index in [1.54, 1.807) is 17.0 Å². The largest absolute Gasteiger partial charge is 0.378 e. The Kier molecular flexibility index (Phi) is 6.35. The average Bonchev–Trinajstić information content (AvgIpc) is 3.48. The van der Waals surface area contributed by atoms with Gasteiger partial charge in [0.1, 0.15) is 0 Å². The van der Waals surface area contributed by atoms with Gasteiger partial charge in [0, 0.05) is 37.3 Å². The number of amides is 2. The number of benzene rings is 2. The van der Waals surface area contributed by atoms with E-state index in [0.29, 0.717) is 41.8 Å². The van der Waals surface area contributed by atoms with Gasteiger partial charge in [0.15, 0.2) is 0 Å². The lowest BCUT2D eigenvalue weighted by molar-refractivity contribution is -0.117. The minimum absolute atomic E-state index is 0.0931. The third-order valence-corrected chi connectivity index (χ3v) is 7.43. The van der Waals surface area contributed by atoms with Crippen molar-refractivity contribution in [2.24, 2.45) is 0 Å². The van der Waals surface area contributed by atoms with Crippen molar-refractivity contribution in [3.8, 4) is 11.1 Å². The predicted octanol–water partition coefficient (Wildman–Crippen LogP) is 5.28. The van der Waals surface area contributed by atoms with Crippen LogP contribution in [-0.2, 0) is 9.53 Å². The molecule has 2 saturated heterocycles. The number of ether oxygens (including phenoxy) is 1. The summed E-state index contributed by atoms with van der Waals surface area (Å²) in [4.78, 5) is 30.0. The Morgan fingerprint density at radius 2 is 1.82 bits per heavy atom. The zero-order chi connectivity index (χ0) is 22.8. The predicted molar refractivity (Wildman–Crippen MR) is 134 cm³/mol. The molecule has 0 saturated carbocycles. The number of nitrogens with one attached hydrogen (secondary N) is 1. The first kappa shape index (κ1) is 21.9. The van der Waals surface area contributed by atoms with Crippen LogP contribution in [0.3, 0.4) is 0 Å². The van der Waals surface area contributed by atoms with Crippen LogP contribution in [0.2, 0.25) is 5.02 Å². The van der Waals surface area contributed by atoms with Crippen LogP contribution in [0.5, 0.6) is 0 Å². The minimum atomic E-state index is -0.219. The molecule has 1 aromatic heterocycles. The third-order valence-electron chi connectivity index (χ3n) is 5.90. The van der Waals surface area contributed by atoms with Gasteiger partial charge >= 0.3 is 0 Å². The molecular formula is C25H24ClN3O3S. The Balaban J connectivity index is 1.44. The summed E-state index contributed by atoms with van der Waals surface area (Å²) in [5, 5.41) is 4.46. The van der Waals surface area contributed by atoms with Crippen molar-refractivity contribution in [3.63, 3.8) is 0 Å². The van der Waals surface area contributed by atoms with Gasteiger partial charge < -0.3 is 19.9 Å². The fraction of sp³-hybridized carbons (Fsp3) is 0.280. The number of nitrogens with zero attached hydrogens (tertiary/aromatic N) is 2. The molecule has 0 aliphatic carbocycles. The Morgan fingerprint density at radius 1 is 1.03 bits per heavy atom. The molecule has 2 amide bonds. The summed E-state index contributed by atoms with van der Waals surface area (Å²) >= 11 is 7.86. The number of hydrogen-bond donors (Lipinski definition) is 1. The van der Waals surface area contributed by atoms with Crippen molar-refractivity contribution in [2.45, 2.75) is 12.8 Å². The van der Waals surface area contributed by atoms with Gasteiger partial charge in [-0.15, -0.1) is 11.3 Å². The molecule has 33 heavy (non-hydrogen) atoms. The Labute approximate surface area is 201 Å². The number of carbonyl (C=O) groups excluding carboxylic acids is 2. The second kappa shape index (κ2) is 9.55. The summed E-state index contributed by atoms with van der Waals surface area (Å²) in [7, 11) is 0. The van der Waals surface area contributed by atoms with Crippen molar-refractivity contribution in [3.05, 3.63) is 64.5 Å². The fourth-order valence-corrected chi connectivity index (χ4v) is 5.49. The molecule has 2 fully saturated rings. The van der Waals surface area contributed by atoms with Gasteiger partial charge in [-0.05, 0) is 36.2 Å². The van der Waals surface area contributed by atoms with Gasteiger partial charge in [0.25, 0.3) is 5.91 Å². The lowest BCUT2D eigenvalue weighted by atomic mass is 10.1. The summed E-state index contributed by atoms with van der Waals surface area (Å²) in [6.07, 6.45) is 1.39. The molecule has 3 heterocycles. The molecular weight excluding hydrogens is 458 g/mol. The average molecular weight is 482 g/mol. The second-order valence-electron chi connectivity index (χ2n) is 8.06. The quantitative estimate of drug-likeness (QED) is 0.538. The first-order chi connectivity index (χ1) is 16.1. The SMILES string of the molecule is O=C(Nc1cc(N2CCCC2=O)ccc1Cl)c1cc(-c2ccccc2)c(N2CCOCC2)s1. The third kappa shape index (κ3) is 4.62. The van der Waals surface area contributed by atoms with Crippen LogP contribution in [0.15, 0.2) is 54.6 Å². The molecule has 2 aliphatic heterocycles. The van der Waals surface area contributed by atoms with E-state index in [1.807, 2.05) is 30.3 Å². The van der Waals surface area contributed by atoms with Crippen molar-refractivity contribution in [1.82, 2.24) is 0 Å². The molecule has 0 spiro atoms. The summed E-state index contributed by atoms with van der Waals surface area (Å²) in [6.45, 7) is 3.61. The molecule has 0 bridgehead atoms. The van der Waals surface area contributed by atoms with E-state index in [4.69, 9.17) is 16.3 Å². The highest BCUT2D eigenvalue weighted by atomic mass is 35.5. The first-order valence-electron chi connectivity index (χ1n) is 11.0. The number of anilines is 3. The first-order valence-corrected chi connectivity index (χ1v) is 12.2. The standard InChI is InChI=1S/C25H24ClN3O3S/c26-20-9-8-18(29-10-4-7-23(29)30)15-21(20)27-24(31)22-16-19(17-5-2-1-3-6-17)25(33-22)28-11-13-32-14-12-28/h1-3,5-6,8-9,15-16H,4,7,10-14H2,(H,27,31). The summed E-state index contributed by atoms with van der Waals surface area (Å²) in [6, 6.07) is 17.4. The maximum absolute atomic E-state index is 13.3. The van der Waals surface area contributed by atoms with Gasteiger partial charge in [-0.1, -0.05) is 41.9 Å². The van der Waals surface area contributed by atoms with E-state index in [9.17, 15) is 9.59 Å². The fourth-order valence-electron chi connectivity index (χ4n) is 4.20. The van der Waals surface area contributed by atoms with E-state index in [2.05, 4.69) is 22.3 Å². The summed E-state index contributed by atoms with van der Waals surface area (Å²) in [5.74, 6) is -0.126. The highest BCUT2D eigenvalue weighted by molar-refractivity contribution is 7.18. The molecule has 3 aromatic rings. The molecule has 2 aliphatic rings. The van der Waals surface area contributed by atoms with E-state index in [-0.39, 0.29) is 11.8 Å². The number of thiophene rings is 1. The van der Waals surface area contributed by atoms with Crippen LogP contribution < -0.4 is 15.1 Å². The van der Waals surface area contributed by atoms with E-state index < -0.39 is 0 Å². The topological polar surface area (TPSA) is 61.9 Å². The smallest absolute Gasteiger partial charge is 0.265 e. The number of morpholine rings is 1. The number of halogens is 1. The number of rotatable bonds is 5. The van der Waals surface area contributed by atoms with Crippen LogP contribution in [0.1, 0.15) is 22.5 Å². The zero-order valence-electron chi connectivity index (χ0n) is 18.1. The van der Waals surface area contributed by atoms with E-state index >= 15 is 0 Å². The van der Waals surface area contributed by atoms with Gasteiger partial charge in [-0.25, -0.2) is 0 Å². The van der Waals surface area contributed by atoms with Crippen molar-refractivity contribution < 1.29 is 14.3 Å². The van der Waals surface area contributed by atoms with Crippen LogP contribution in [-0.4, -0.2) is 44.7 Å². The lowest BCUT2D eigenvalue weighted by Crippen LogP contribution is -2.35. The van der Waals surface area contributed by atoms with Crippen LogP contribution in [0.25, 0.3) is 11.1 Å². The molecule has 5 rings (SSSR count). The molecule has 8 heteroatoms. The summed E-state index contributed by atoms with van der Waals surface area (Å²) < 4.78 is 5.52. The van der Waals surface area contributed by atoms with Crippen LogP contribution in [0, 0.1) is 0 Å². The van der Waals surface area contributed by atoms with Crippen molar-refractivity contribution >= 4 is 51.1 Å². The van der Waals surface area contributed by atoms with Gasteiger partial charge in [0.05, 0.1) is 33.8 Å². The lowest BCUT2D eigenvalue weighted by Gasteiger charge is -2.28. The van der Waals surface area contributed by atoms with Gasteiger partial charge in [-0.2, -0.15) is 0 Å². The zero-order valence-corrected chi connectivity index (χ0v) is 19.6.